The molecule has 2 heterocycles. The Balaban J connectivity index is 1.47. The predicted molar refractivity (Wildman–Crippen MR) is 110 cm³/mol. The number of amides is 1. The first-order valence-corrected chi connectivity index (χ1v) is 9.77. The molecule has 4 aromatic rings. The van der Waals surface area contributed by atoms with Crippen molar-refractivity contribution >= 4 is 22.4 Å². The van der Waals surface area contributed by atoms with Crippen molar-refractivity contribution in [2.45, 2.75) is 6.42 Å². The summed E-state index contributed by atoms with van der Waals surface area (Å²) in [5.74, 6) is -0.733. The maximum absolute atomic E-state index is 13.9. The Kier molecular flexibility index (Phi) is 5.76. The molecule has 1 N–H and O–H groups in total. The number of anilines is 1. The molecule has 0 bridgehead atoms. The minimum absolute atomic E-state index is 0.250. The molecular weight excluding hydrogens is 408 g/mol. The zero-order valence-electron chi connectivity index (χ0n) is 15.5. The smallest absolute Gasteiger partial charge is 0.261 e. The molecule has 2 aromatic carbocycles. The van der Waals surface area contributed by atoms with Gasteiger partial charge in [0, 0.05) is 29.8 Å². The molecule has 0 spiro atoms. The number of hydrogen-bond acceptors (Lipinski definition) is 5. The average molecular weight is 423 g/mol. The van der Waals surface area contributed by atoms with Gasteiger partial charge < -0.3 is 4.74 Å². The van der Waals surface area contributed by atoms with E-state index in [0.717, 1.165) is 10.9 Å². The first-order chi connectivity index (χ1) is 14.6. The highest BCUT2D eigenvalue weighted by Crippen LogP contribution is 2.27. The van der Waals surface area contributed by atoms with Gasteiger partial charge in [-0.1, -0.05) is 18.2 Å². The first kappa shape index (κ1) is 19.7. The number of carbonyl (C=O) groups is 1. The van der Waals surface area contributed by atoms with Crippen molar-refractivity contribution in [3.63, 3.8) is 0 Å². The molecule has 0 saturated heterocycles. The monoisotopic (exact) mass is 423 g/mol. The number of ether oxygens (including phenoxy) is 1. The number of rotatable bonds is 6. The average Bonchev–Trinajstić information content (AvgIpc) is 3.18. The van der Waals surface area contributed by atoms with Crippen LogP contribution in [-0.2, 0) is 6.42 Å². The molecule has 0 fully saturated rings. The molecule has 1 amide bonds. The van der Waals surface area contributed by atoms with Gasteiger partial charge >= 0.3 is 0 Å². The van der Waals surface area contributed by atoms with Gasteiger partial charge in [0.05, 0.1) is 11.8 Å². The van der Waals surface area contributed by atoms with Gasteiger partial charge in [0.25, 0.3) is 5.91 Å². The van der Waals surface area contributed by atoms with E-state index in [2.05, 4.69) is 15.3 Å². The molecule has 0 saturated carbocycles. The summed E-state index contributed by atoms with van der Waals surface area (Å²) in [5, 5.41) is 3.10. The number of carbonyl (C=O) groups excluding carboxylic acids is 1. The van der Waals surface area contributed by atoms with E-state index < -0.39 is 11.6 Å². The summed E-state index contributed by atoms with van der Waals surface area (Å²) in [6, 6.07) is 13.8. The number of para-hydroxylation sites is 1. The topological polar surface area (TPSA) is 64.1 Å². The third-order valence-corrected chi connectivity index (χ3v) is 5.06. The molecule has 0 unspecified atom stereocenters. The predicted octanol–water partition coefficient (Wildman–Crippen LogP) is 5.45. The third-order valence-electron chi connectivity index (χ3n) is 4.15. The van der Waals surface area contributed by atoms with Gasteiger partial charge in [-0.15, -0.1) is 11.3 Å². The number of nitrogens with one attached hydrogen (secondary N) is 1. The Labute approximate surface area is 175 Å². The van der Waals surface area contributed by atoms with Crippen LogP contribution in [0.2, 0.25) is 0 Å². The van der Waals surface area contributed by atoms with E-state index in [9.17, 15) is 13.6 Å². The number of nitrogens with zero attached hydrogens (tertiary/aromatic N) is 2. The van der Waals surface area contributed by atoms with Crippen LogP contribution in [0.3, 0.4) is 0 Å². The van der Waals surface area contributed by atoms with E-state index in [-0.39, 0.29) is 12.3 Å². The highest BCUT2D eigenvalue weighted by Gasteiger charge is 2.15. The number of benzene rings is 2. The lowest BCUT2D eigenvalue weighted by Gasteiger charge is -2.10. The second kappa shape index (κ2) is 8.79. The molecule has 0 aliphatic rings. The van der Waals surface area contributed by atoms with Gasteiger partial charge in [-0.25, -0.2) is 13.8 Å². The summed E-state index contributed by atoms with van der Waals surface area (Å²) in [7, 11) is 0. The molecule has 0 aliphatic carbocycles. The van der Waals surface area contributed by atoms with Gasteiger partial charge in [-0.3, -0.25) is 15.1 Å². The Morgan fingerprint density at radius 2 is 1.93 bits per heavy atom. The summed E-state index contributed by atoms with van der Waals surface area (Å²) in [6.45, 7) is 0. The maximum atomic E-state index is 13.9. The van der Waals surface area contributed by atoms with Crippen LogP contribution in [0.5, 0.6) is 11.5 Å². The van der Waals surface area contributed by atoms with Crippen LogP contribution in [-0.4, -0.2) is 15.9 Å². The van der Waals surface area contributed by atoms with Crippen molar-refractivity contribution in [3.05, 3.63) is 101 Å². The Bertz CT molecular complexity index is 1180. The third kappa shape index (κ3) is 4.66. The van der Waals surface area contributed by atoms with Crippen LogP contribution < -0.4 is 10.1 Å². The zero-order valence-corrected chi connectivity index (χ0v) is 16.3. The molecule has 0 atom stereocenters. The fourth-order valence-corrected chi connectivity index (χ4v) is 3.57. The summed E-state index contributed by atoms with van der Waals surface area (Å²) in [6.07, 6.45) is 4.99. The van der Waals surface area contributed by atoms with Crippen molar-refractivity contribution in [3.8, 4) is 11.5 Å². The Morgan fingerprint density at radius 3 is 2.73 bits per heavy atom. The van der Waals surface area contributed by atoms with Crippen LogP contribution in [0.15, 0.2) is 73.2 Å². The summed E-state index contributed by atoms with van der Waals surface area (Å²) in [5.41, 5.74) is 0.691. The number of halogens is 2. The lowest BCUT2D eigenvalue weighted by Crippen LogP contribution is -2.12. The van der Waals surface area contributed by atoms with E-state index in [4.69, 9.17) is 4.74 Å². The van der Waals surface area contributed by atoms with Gasteiger partial charge in [-0.2, -0.15) is 0 Å². The van der Waals surface area contributed by atoms with Crippen LogP contribution in [0.25, 0.3) is 0 Å². The second-order valence-corrected chi connectivity index (χ2v) is 7.40. The summed E-state index contributed by atoms with van der Waals surface area (Å²) in [4.78, 5) is 21.6. The quantitative estimate of drug-likeness (QED) is 0.448. The van der Waals surface area contributed by atoms with Gasteiger partial charge in [0.2, 0.25) is 0 Å². The molecular formula is C22H15F2N3O2S. The standard InChI is InChI=1S/C22H15F2N3O2S/c23-15-8-7-14(19(24)11-15)10-17-13-26-22(30-17)27-21(28)18-5-1-2-6-20(18)29-16-4-3-9-25-12-16/h1-9,11-13H,10H2,(H,26,27,28). The minimum Gasteiger partial charge on any atom is -0.455 e. The second-order valence-electron chi connectivity index (χ2n) is 6.29. The maximum Gasteiger partial charge on any atom is 0.261 e. The van der Waals surface area contributed by atoms with Gasteiger partial charge in [-0.05, 0) is 35.9 Å². The molecule has 5 nitrogen and oxygen atoms in total. The number of pyridine rings is 1. The molecule has 4 rings (SSSR count). The lowest BCUT2D eigenvalue weighted by molar-refractivity contribution is 0.102. The summed E-state index contributed by atoms with van der Waals surface area (Å²) >= 11 is 1.22. The lowest BCUT2D eigenvalue weighted by atomic mass is 10.1. The molecule has 2 aromatic heterocycles. The van der Waals surface area contributed by atoms with Crippen molar-refractivity contribution < 1.29 is 18.3 Å². The number of aromatic nitrogens is 2. The van der Waals surface area contributed by atoms with E-state index in [1.807, 2.05) is 0 Å². The molecule has 150 valence electrons. The van der Waals surface area contributed by atoms with Crippen LogP contribution >= 0.6 is 11.3 Å². The van der Waals surface area contributed by atoms with E-state index in [1.54, 1.807) is 55.0 Å². The fourth-order valence-electron chi connectivity index (χ4n) is 2.74. The van der Waals surface area contributed by atoms with Crippen LogP contribution in [0, 0.1) is 11.6 Å². The minimum atomic E-state index is -0.624. The molecule has 8 heteroatoms. The Morgan fingerprint density at radius 1 is 1.07 bits per heavy atom. The molecule has 30 heavy (non-hydrogen) atoms. The summed E-state index contributed by atoms with van der Waals surface area (Å²) < 4.78 is 32.7. The highest BCUT2D eigenvalue weighted by atomic mass is 32.1. The van der Waals surface area contributed by atoms with Crippen LogP contribution in [0.1, 0.15) is 20.8 Å². The van der Waals surface area contributed by atoms with E-state index >= 15 is 0 Å². The van der Waals surface area contributed by atoms with Crippen molar-refractivity contribution in [1.29, 1.82) is 0 Å². The number of hydrogen-bond donors (Lipinski definition) is 1. The highest BCUT2D eigenvalue weighted by molar-refractivity contribution is 7.15. The first-order valence-electron chi connectivity index (χ1n) is 8.95. The Hall–Kier alpha value is -3.65. The fraction of sp³-hybridized carbons (Fsp3) is 0.0455. The van der Waals surface area contributed by atoms with Gasteiger partial charge in [0.15, 0.2) is 5.13 Å². The normalized spacial score (nSPS) is 10.6. The molecule has 0 aliphatic heterocycles. The molecule has 0 radical (unpaired) electrons. The van der Waals surface area contributed by atoms with Crippen molar-refractivity contribution in [2.24, 2.45) is 0 Å². The number of thiazole rings is 1. The van der Waals surface area contributed by atoms with E-state index in [0.29, 0.717) is 27.8 Å². The SMILES string of the molecule is O=C(Nc1ncc(Cc2ccc(F)cc2F)s1)c1ccccc1Oc1cccnc1. The van der Waals surface area contributed by atoms with Crippen molar-refractivity contribution in [2.75, 3.05) is 5.32 Å². The zero-order chi connectivity index (χ0) is 20.9. The largest absolute Gasteiger partial charge is 0.455 e. The van der Waals surface area contributed by atoms with Crippen molar-refractivity contribution in [1.82, 2.24) is 9.97 Å². The van der Waals surface area contributed by atoms with Crippen LogP contribution in [0.4, 0.5) is 13.9 Å². The van der Waals surface area contributed by atoms with Gasteiger partial charge in [0.1, 0.15) is 23.1 Å². The van der Waals surface area contributed by atoms with E-state index in [1.165, 1.54) is 23.5 Å².